The number of ether oxygens (including phenoxy) is 1. The summed E-state index contributed by atoms with van der Waals surface area (Å²) in [5, 5.41) is 12.8. The summed E-state index contributed by atoms with van der Waals surface area (Å²) in [7, 11) is 0. The van der Waals surface area contributed by atoms with Crippen LogP contribution in [0.1, 0.15) is 12.5 Å². The fraction of sp³-hybridized carbons (Fsp3) is 0.500. The first-order valence-corrected chi connectivity index (χ1v) is 6.18. The van der Waals surface area contributed by atoms with Crippen LogP contribution in [0, 0.1) is 6.92 Å². The van der Waals surface area contributed by atoms with Gasteiger partial charge >= 0.3 is 0 Å². The van der Waals surface area contributed by atoms with Crippen LogP contribution in [0.5, 0.6) is 0 Å². The molecule has 0 radical (unpaired) electrons. The summed E-state index contributed by atoms with van der Waals surface area (Å²) in [6.45, 7) is 5.45. The van der Waals surface area contributed by atoms with E-state index in [4.69, 9.17) is 4.74 Å². The Morgan fingerprint density at radius 3 is 2.94 bits per heavy atom. The Morgan fingerprint density at radius 2 is 2.25 bits per heavy atom. The van der Waals surface area contributed by atoms with Crippen LogP contribution in [0.25, 0.3) is 0 Å². The van der Waals surface area contributed by atoms with Gasteiger partial charge in [0.25, 0.3) is 0 Å². The van der Waals surface area contributed by atoms with Crippen LogP contribution in [0.4, 0.5) is 5.69 Å². The number of hydrogen-bond donors (Lipinski definition) is 2. The van der Waals surface area contributed by atoms with Crippen molar-refractivity contribution in [3.8, 4) is 0 Å². The third kappa shape index (κ3) is 4.51. The largest absolute Gasteiger partial charge is 0.389 e. The maximum atomic E-state index is 9.60. The molecule has 0 aliphatic rings. The maximum Gasteiger partial charge on any atom is 0.0945 e. The van der Waals surface area contributed by atoms with E-state index in [2.05, 4.69) is 21.2 Å². The minimum atomic E-state index is -0.474. The Hall–Kier alpha value is -0.580. The fourth-order valence-electron chi connectivity index (χ4n) is 1.33. The predicted octanol–water partition coefficient (Wildman–Crippen LogP) is 2.57. The van der Waals surface area contributed by atoms with Gasteiger partial charge in [-0.3, -0.25) is 0 Å². The number of halogens is 1. The average Bonchev–Trinajstić information content (AvgIpc) is 2.27. The van der Waals surface area contributed by atoms with Gasteiger partial charge in [-0.1, -0.05) is 22.0 Å². The SMILES string of the molecule is CCOCC(O)CNc1cc(Br)ccc1C. The van der Waals surface area contributed by atoms with Gasteiger partial charge in [0.1, 0.15) is 0 Å². The van der Waals surface area contributed by atoms with Crippen LogP contribution in [-0.4, -0.2) is 31.0 Å². The Morgan fingerprint density at radius 1 is 1.50 bits per heavy atom. The highest BCUT2D eigenvalue weighted by atomic mass is 79.9. The molecular weight excluding hydrogens is 270 g/mol. The number of hydrogen-bond acceptors (Lipinski definition) is 3. The van der Waals surface area contributed by atoms with E-state index in [-0.39, 0.29) is 0 Å². The van der Waals surface area contributed by atoms with Crippen molar-refractivity contribution < 1.29 is 9.84 Å². The lowest BCUT2D eigenvalue weighted by molar-refractivity contribution is 0.0496. The predicted molar refractivity (Wildman–Crippen MR) is 69.9 cm³/mol. The molecule has 0 bridgehead atoms. The number of nitrogens with one attached hydrogen (secondary N) is 1. The first-order chi connectivity index (χ1) is 7.63. The highest BCUT2D eigenvalue weighted by Gasteiger charge is 2.05. The number of aliphatic hydroxyl groups excluding tert-OH is 1. The summed E-state index contributed by atoms with van der Waals surface area (Å²) in [6, 6.07) is 6.03. The Kier molecular flexibility index (Phi) is 5.80. The smallest absolute Gasteiger partial charge is 0.0945 e. The van der Waals surface area contributed by atoms with E-state index in [0.717, 1.165) is 15.7 Å². The Balaban J connectivity index is 2.44. The van der Waals surface area contributed by atoms with E-state index in [1.807, 2.05) is 32.0 Å². The number of aliphatic hydroxyl groups is 1. The van der Waals surface area contributed by atoms with E-state index in [0.29, 0.717) is 19.8 Å². The van der Waals surface area contributed by atoms with Gasteiger partial charge in [0.15, 0.2) is 0 Å². The van der Waals surface area contributed by atoms with Crippen molar-refractivity contribution in [2.75, 3.05) is 25.1 Å². The van der Waals surface area contributed by atoms with Crippen molar-refractivity contribution >= 4 is 21.6 Å². The molecule has 0 aliphatic heterocycles. The monoisotopic (exact) mass is 287 g/mol. The van der Waals surface area contributed by atoms with E-state index in [1.54, 1.807) is 0 Å². The van der Waals surface area contributed by atoms with Gasteiger partial charge in [-0.05, 0) is 31.5 Å². The molecule has 1 aromatic rings. The summed E-state index contributed by atoms with van der Waals surface area (Å²) in [5.74, 6) is 0. The molecule has 1 atom stereocenters. The minimum absolute atomic E-state index is 0.372. The number of benzene rings is 1. The molecule has 0 saturated carbocycles. The molecule has 4 heteroatoms. The van der Waals surface area contributed by atoms with E-state index in [9.17, 15) is 5.11 Å². The van der Waals surface area contributed by atoms with E-state index >= 15 is 0 Å². The van der Waals surface area contributed by atoms with Crippen LogP contribution in [0.3, 0.4) is 0 Å². The molecule has 0 spiro atoms. The third-order valence-electron chi connectivity index (χ3n) is 2.24. The van der Waals surface area contributed by atoms with Gasteiger partial charge in [-0.15, -0.1) is 0 Å². The van der Waals surface area contributed by atoms with Crippen LogP contribution < -0.4 is 5.32 Å². The lowest BCUT2D eigenvalue weighted by atomic mass is 10.2. The normalized spacial score (nSPS) is 12.5. The topological polar surface area (TPSA) is 41.5 Å². The highest BCUT2D eigenvalue weighted by Crippen LogP contribution is 2.20. The van der Waals surface area contributed by atoms with Crippen molar-refractivity contribution in [3.63, 3.8) is 0 Å². The van der Waals surface area contributed by atoms with Crippen molar-refractivity contribution in [3.05, 3.63) is 28.2 Å². The summed E-state index contributed by atoms with van der Waals surface area (Å²) >= 11 is 3.42. The lowest BCUT2D eigenvalue weighted by Crippen LogP contribution is -2.25. The lowest BCUT2D eigenvalue weighted by Gasteiger charge is -2.14. The van der Waals surface area contributed by atoms with Gasteiger partial charge < -0.3 is 15.2 Å². The summed E-state index contributed by atoms with van der Waals surface area (Å²) < 4.78 is 6.17. The molecule has 1 rings (SSSR count). The quantitative estimate of drug-likeness (QED) is 0.845. The summed E-state index contributed by atoms with van der Waals surface area (Å²) in [4.78, 5) is 0. The summed E-state index contributed by atoms with van der Waals surface area (Å²) in [6.07, 6.45) is -0.474. The fourth-order valence-corrected chi connectivity index (χ4v) is 1.69. The molecule has 2 N–H and O–H groups in total. The first kappa shape index (κ1) is 13.5. The molecule has 0 aliphatic carbocycles. The zero-order valence-corrected chi connectivity index (χ0v) is 11.3. The Labute approximate surface area is 105 Å². The molecule has 0 fully saturated rings. The van der Waals surface area contributed by atoms with Gasteiger partial charge in [-0.2, -0.15) is 0 Å². The third-order valence-corrected chi connectivity index (χ3v) is 2.74. The number of aryl methyl sites for hydroxylation is 1. The molecule has 16 heavy (non-hydrogen) atoms. The van der Waals surface area contributed by atoms with Crippen LogP contribution >= 0.6 is 15.9 Å². The standard InChI is InChI=1S/C12H18BrNO2/c1-3-16-8-11(15)7-14-12-6-10(13)5-4-9(12)2/h4-6,11,14-15H,3,7-8H2,1-2H3. The highest BCUT2D eigenvalue weighted by molar-refractivity contribution is 9.10. The summed E-state index contributed by atoms with van der Waals surface area (Å²) in [5.41, 5.74) is 2.19. The minimum Gasteiger partial charge on any atom is -0.389 e. The molecule has 1 unspecified atom stereocenters. The second-order valence-electron chi connectivity index (χ2n) is 3.65. The van der Waals surface area contributed by atoms with E-state index < -0.39 is 6.10 Å². The molecule has 90 valence electrons. The van der Waals surface area contributed by atoms with Crippen LogP contribution in [0.2, 0.25) is 0 Å². The molecule has 3 nitrogen and oxygen atoms in total. The zero-order valence-electron chi connectivity index (χ0n) is 9.66. The first-order valence-electron chi connectivity index (χ1n) is 5.39. The van der Waals surface area contributed by atoms with Crippen molar-refractivity contribution in [1.82, 2.24) is 0 Å². The Bertz CT molecular complexity index is 331. The van der Waals surface area contributed by atoms with Gasteiger partial charge in [0, 0.05) is 23.3 Å². The molecule has 0 heterocycles. The van der Waals surface area contributed by atoms with Crippen LogP contribution in [-0.2, 0) is 4.74 Å². The van der Waals surface area contributed by atoms with E-state index in [1.165, 1.54) is 0 Å². The second-order valence-corrected chi connectivity index (χ2v) is 4.57. The number of rotatable bonds is 6. The van der Waals surface area contributed by atoms with Crippen LogP contribution in [0.15, 0.2) is 22.7 Å². The average molecular weight is 288 g/mol. The molecule has 0 aromatic heterocycles. The van der Waals surface area contributed by atoms with Gasteiger partial charge in [0.2, 0.25) is 0 Å². The maximum absolute atomic E-state index is 9.60. The molecular formula is C12H18BrNO2. The van der Waals surface area contributed by atoms with Crippen molar-refractivity contribution in [1.29, 1.82) is 0 Å². The second kappa shape index (κ2) is 6.89. The van der Waals surface area contributed by atoms with Gasteiger partial charge in [-0.25, -0.2) is 0 Å². The molecule has 1 aromatic carbocycles. The molecule has 0 saturated heterocycles. The van der Waals surface area contributed by atoms with Crippen molar-refractivity contribution in [2.45, 2.75) is 20.0 Å². The number of anilines is 1. The van der Waals surface area contributed by atoms with Crippen molar-refractivity contribution in [2.24, 2.45) is 0 Å². The zero-order chi connectivity index (χ0) is 12.0. The van der Waals surface area contributed by atoms with Gasteiger partial charge in [0.05, 0.1) is 12.7 Å². The molecule has 0 amide bonds.